The van der Waals surface area contributed by atoms with Crippen molar-refractivity contribution in [3.8, 4) is 0 Å². The van der Waals surface area contributed by atoms with Gasteiger partial charge in [-0.25, -0.2) is 0 Å². The summed E-state index contributed by atoms with van der Waals surface area (Å²) in [6.45, 7) is 7.44. The zero-order chi connectivity index (χ0) is 13.4. The SMILES string of the molecule is CCC1(CC)C(C)=C(C)CC1(C(=O)O)C(=O)O. The molecule has 0 heterocycles. The number of carboxylic acids is 2. The van der Waals surface area contributed by atoms with E-state index in [2.05, 4.69) is 0 Å². The summed E-state index contributed by atoms with van der Waals surface area (Å²) in [6, 6.07) is 0. The molecule has 0 bridgehead atoms. The Bertz CT molecular complexity index is 374. The van der Waals surface area contributed by atoms with Crippen LogP contribution in [-0.4, -0.2) is 22.2 Å². The van der Waals surface area contributed by atoms with Crippen LogP contribution in [0.2, 0.25) is 0 Å². The molecule has 0 fully saturated rings. The van der Waals surface area contributed by atoms with Crippen LogP contribution >= 0.6 is 0 Å². The second-order valence-electron chi connectivity index (χ2n) is 4.89. The molecule has 1 aliphatic carbocycles. The van der Waals surface area contributed by atoms with Gasteiger partial charge >= 0.3 is 11.9 Å². The van der Waals surface area contributed by atoms with Gasteiger partial charge in [0.1, 0.15) is 0 Å². The van der Waals surface area contributed by atoms with Gasteiger partial charge in [-0.3, -0.25) is 9.59 Å². The van der Waals surface area contributed by atoms with E-state index in [1.54, 1.807) is 0 Å². The van der Waals surface area contributed by atoms with Crippen LogP contribution in [0.1, 0.15) is 47.0 Å². The summed E-state index contributed by atoms with van der Waals surface area (Å²) < 4.78 is 0. The first-order valence-corrected chi connectivity index (χ1v) is 5.93. The van der Waals surface area contributed by atoms with Crippen LogP contribution in [-0.2, 0) is 9.59 Å². The van der Waals surface area contributed by atoms with Crippen LogP contribution < -0.4 is 0 Å². The molecule has 17 heavy (non-hydrogen) atoms. The second kappa shape index (κ2) is 4.17. The summed E-state index contributed by atoms with van der Waals surface area (Å²) >= 11 is 0. The number of aliphatic carboxylic acids is 2. The van der Waals surface area contributed by atoms with E-state index in [1.807, 2.05) is 27.7 Å². The Balaban J connectivity index is 3.55. The molecule has 0 unspecified atom stereocenters. The Morgan fingerprint density at radius 2 is 1.53 bits per heavy atom. The molecule has 0 radical (unpaired) electrons. The first kappa shape index (κ1) is 13.7. The third-order valence-corrected chi connectivity index (χ3v) is 4.64. The molecule has 0 saturated heterocycles. The van der Waals surface area contributed by atoms with E-state index in [-0.39, 0.29) is 6.42 Å². The molecular formula is C13H20O4. The van der Waals surface area contributed by atoms with Gasteiger partial charge in [0.25, 0.3) is 0 Å². The van der Waals surface area contributed by atoms with Crippen LogP contribution in [0.4, 0.5) is 0 Å². The van der Waals surface area contributed by atoms with Crippen molar-refractivity contribution in [3.63, 3.8) is 0 Å². The highest BCUT2D eigenvalue weighted by molar-refractivity contribution is 6.01. The lowest BCUT2D eigenvalue weighted by atomic mass is 9.60. The summed E-state index contributed by atoms with van der Waals surface area (Å²) in [6.07, 6.45) is 1.18. The highest BCUT2D eigenvalue weighted by Crippen LogP contribution is 2.59. The predicted octanol–water partition coefficient (Wildman–Crippen LogP) is 2.69. The van der Waals surface area contributed by atoms with Crippen LogP contribution in [0.5, 0.6) is 0 Å². The minimum atomic E-state index is -1.69. The molecule has 0 aromatic carbocycles. The summed E-state index contributed by atoms with van der Waals surface area (Å²) in [4.78, 5) is 23.2. The number of rotatable bonds is 4. The smallest absolute Gasteiger partial charge is 0.322 e. The van der Waals surface area contributed by atoms with Gasteiger partial charge in [0, 0.05) is 5.41 Å². The van der Waals surface area contributed by atoms with E-state index >= 15 is 0 Å². The molecule has 4 nitrogen and oxygen atoms in total. The lowest BCUT2D eigenvalue weighted by Gasteiger charge is -2.40. The quantitative estimate of drug-likeness (QED) is 0.585. The standard InChI is InChI=1S/C13H20O4/c1-5-12(6-2)9(4)8(3)7-13(12,10(14)15)11(16)17/h5-7H2,1-4H3,(H,14,15)(H,16,17). The number of carboxylic acid groups (broad SMARTS) is 2. The Hall–Kier alpha value is -1.32. The van der Waals surface area contributed by atoms with Crippen molar-refractivity contribution in [1.82, 2.24) is 0 Å². The molecular weight excluding hydrogens is 220 g/mol. The average Bonchev–Trinajstić information content (AvgIpc) is 2.50. The van der Waals surface area contributed by atoms with Gasteiger partial charge in [-0.2, -0.15) is 0 Å². The van der Waals surface area contributed by atoms with E-state index in [9.17, 15) is 19.8 Å². The first-order valence-electron chi connectivity index (χ1n) is 5.93. The lowest BCUT2D eigenvalue weighted by Crippen LogP contribution is -2.50. The van der Waals surface area contributed by atoms with Gasteiger partial charge in [0.05, 0.1) is 0 Å². The van der Waals surface area contributed by atoms with Crippen LogP contribution in [0, 0.1) is 10.8 Å². The van der Waals surface area contributed by atoms with Gasteiger partial charge in [-0.05, 0) is 33.1 Å². The lowest BCUT2D eigenvalue weighted by molar-refractivity contribution is -0.173. The maximum Gasteiger partial charge on any atom is 0.322 e. The zero-order valence-corrected chi connectivity index (χ0v) is 10.8. The number of hydrogen-bond acceptors (Lipinski definition) is 2. The van der Waals surface area contributed by atoms with Crippen molar-refractivity contribution in [2.24, 2.45) is 10.8 Å². The van der Waals surface area contributed by atoms with Crippen molar-refractivity contribution < 1.29 is 19.8 Å². The first-order chi connectivity index (χ1) is 7.80. The molecule has 0 atom stereocenters. The molecule has 0 amide bonds. The third-order valence-electron chi connectivity index (χ3n) is 4.64. The molecule has 1 aliphatic rings. The van der Waals surface area contributed by atoms with Crippen molar-refractivity contribution in [1.29, 1.82) is 0 Å². The fourth-order valence-corrected chi connectivity index (χ4v) is 3.46. The Morgan fingerprint density at radius 1 is 1.12 bits per heavy atom. The van der Waals surface area contributed by atoms with Crippen molar-refractivity contribution >= 4 is 11.9 Å². The number of carbonyl (C=O) groups is 2. The summed E-state index contributed by atoms with van der Waals surface area (Å²) in [5, 5.41) is 18.9. The van der Waals surface area contributed by atoms with E-state index in [4.69, 9.17) is 0 Å². The number of allylic oxidation sites excluding steroid dienone is 2. The molecule has 0 aromatic rings. The molecule has 0 aromatic heterocycles. The van der Waals surface area contributed by atoms with Crippen LogP contribution in [0.15, 0.2) is 11.1 Å². The van der Waals surface area contributed by atoms with E-state index in [0.29, 0.717) is 12.8 Å². The Morgan fingerprint density at radius 3 is 1.76 bits per heavy atom. The largest absolute Gasteiger partial charge is 0.480 e. The van der Waals surface area contributed by atoms with Gasteiger partial charge in [-0.15, -0.1) is 0 Å². The Labute approximate surface area is 101 Å². The monoisotopic (exact) mass is 240 g/mol. The zero-order valence-electron chi connectivity index (χ0n) is 10.8. The number of hydrogen-bond donors (Lipinski definition) is 2. The Kier molecular flexibility index (Phi) is 3.37. The molecule has 0 saturated carbocycles. The average molecular weight is 240 g/mol. The maximum atomic E-state index is 11.6. The molecule has 4 heteroatoms. The van der Waals surface area contributed by atoms with Gasteiger partial charge in [0.15, 0.2) is 5.41 Å². The minimum absolute atomic E-state index is 0.116. The minimum Gasteiger partial charge on any atom is -0.480 e. The highest BCUT2D eigenvalue weighted by Gasteiger charge is 2.64. The third kappa shape index (κ3) is 1.43. The van der Waals surface area contributed by atoms with Crippen LogP contribution in [0.3, 0.4) is 0 Å². The van der Waals surface area contributed by atoms with Crippen molar-refractivity contribution in [3.05, 3.63) is 11.1 Å². The van der Waals surface area contributed by atoms with Crippen molar-refractivity contribution in [2.75, 3.05) is 0 Å². The van der Waals surface area contributed by atoms with Crippen molar-refractivity contribution in [2.45, 2.75) is 47.0 Å². The highest BCUT2D eigenvalue weighted by atomic mass is 16.4. The molecule has 96 valence electrons. The van der Waals surface area contributed by atoms with Gasteiger partial charge in [0.2, 0.25) is 0 Å². The predicted molar refractivity (Wildman–Crippen MR) is 63.7 cm³/mol. The van der Waals surface area contributed by atoms with E-state index in [1.165, 1.54) is 0 Å². The topological polar surface area (TPSA) is 74.6 Å². The van der Waals surface area contributed by atoms with E-state index in [0.717, 1.165) is 11.1 Å². The maximum absolute atomic E-state index is 11.6. The molecule has 1 rings (SSSR count). The summed E-state index contributed by atoms with van der Waals surface area (Å²) in [5.41, 5.74) is -0.606. The van der Waals surface area contributed by atoms with Gasteiger partial charge < -0.3 is 10.2 Å². The van der Waals surface area contributed by atoms with Crippen LogP contribution in [0.25, 0.3) is 0 Å². The van der Waals surface area contributed by atoms with E-state index < -0.39 is 22.8 Å². The second-order valence-corrected chi connectivity index (χ2v) is 4.89. The molecule has 0 spiro atoms. The fraction of sp³-hybridized carbons (Fsp3) is 0.692. The summed E-state index contributed by atoms with van der Waals surface area (Å²) in [7, 11) is 0. The van der Waals surface area contributed by atoms with Gasteiger partial charge in [-0.1, -0.05) is 25.0 Å². The normalized spacial score (nSPS) is 21.6. The fourth-order valence-electron chi connectivity index (χ4n) is 3.46. The molecule has 0 aliphatic heterocycles. The summed E-state index contributed by atoms with van der Waals surface area (Å²) in [5.74, 6) is -2.44. The molecule has 2 N–H and O–H groups in total.